The normalized spacial score (nSPS) is 19.7. The first-order valence-electron chi connectivity index (χ1n) is 12.1. The van der Waals surface area contributed by atoms with Crippen LogP contribution < -0.4 is 19.5 Å². The highest BCUT2D eigenvalue weighted by Gasteiger charge is 2.28. The molecule has 0 amide bonds. The number of para-hydroxylation sites is 1. The summed E-state index contributed by atoms with van der Waals surface area (Å²) in [4.78, 5) is 6.34. The zero-order valence-electron chi connectivity index (χ0n) is 20.0. The van der Waals surface area contributed by atoms with Crippen molar-refractivity contribution in [2.45, 2.75) is 50.0 Å². The maximum absolute atomic E-state index is 13.0. The Morgan fingerprint density at radius 1 is 1.14 bits per heavy atom. The lowest BCUT2D eigenvalue weighted by atomic mass is 9.86. The molecule has 2 heterocycles. The van der Waals surface area contributed by atoms with E-state index in [4.69, 9.17) is 14.5 Å². The third-order valence-corrected chi connectivity index (χ3v) is 9.36. The number of methoxy groups -OCH3 is 1. The van der Waals surface area contributed by atoms with Crippen molar-refractivity contribution in [1.82, 2.24) is 9.71 Å². The Morgan fingerprint density at radius 2 is 1.94 bits per heavy atom. The highest BCUT2D eigenvalue weighted by Crippen LogP contribution is 2.39. The van der Waals surface area contributed by atoms with E-state index >= 15 is 0 Å². The zero-order chi connectivity index (χ0) is 24.4. The summed E-state index contributed by atoms with van der Waals surface area (Å²) in [6.07, 6.45) is 4.43. The molecule has 1 aromatic heterocycles. The molecule has 2 N–H and O–H groups in total. The summed E-state index contributed by atoms with van der Waals surface area (Å²) in [5.74, 6) is 1.76. The van der Waals surface area contributed by atoms with Crippen molar-refractivity contribution in [3.05, 3.63) is 52.9 Å². The van der Waals surface area contributed by atoms with E-state index in [1.54, 1.807) is 23.5 Å². The monoisotopic (exact) mass is 513 g/mol. The molecule has 3 aromatic rings. The largest absolute Gasteiger partial charge is 0.495 e. The van der Waals surface area contributed by atoms with Crippen molar-refractivity contribution in [2.75, 3.05) is 25.6 Å². The van der Waals surface area contributed by atoms with Crippen LogP contribution in [-0.4, -0.2) is 39.7 Å². The molecule has 0 radical (unpaired) electrons. The predicted molar refractivity (Wildman–Crippen MR) is 139 cm³/mol. The molecule has 0 spiro atoms. The van der Waals surface area contributed by atoms with E-state index in [0.717, 1.165) is 66.4 Å². The van der Waals surface area contributed by atoms with Crippen molar-refractivity contribution in [3.63, 3.8) is 0 Å². The van der Waals surface area contributed by atoms with Gasteiger partial charge in [-0.2, -0.15) is 0 Å². The summed E-state index contributed by atoms with van der Waals surface area (Å²) in [6, 6.07) is 13.2. The molecule has 1 saturated carbocycles. The Morgan fingerprint density at radius 3 is 2.74 bits per heavy atom. The van der Waals surface area contributed by atoms with Gasteiger partial charge in [0.15, 0.2) is 5.13 Å². The van der Waals surface area contributed by atoms with Gasteiger partial charge in [-0.3, -0.25) is 0 Å². The number of aromatic nitrogens is 1. The molecule has 35 heavy (non-hydrogen) atoms. The Kier molecular flexibility index (Phi) is 7.00. The Balaban J connectivity index is 1.17. The minimum atomic E-state index is -3.64. The number of anilines is 1. The quantitative estimate of drug-likeness (QED) is 0.462. The molecular weight excluding hydrogens is 482 g/mol. The first-order chi connectivity index (χ1) is 16.9. The lowest BCUT2D eigenvalue weighted by Gasteiger charge is -2.29. The average molecular weight is 514 g/mol. The Hall–Kier alpha value is -2.62. The number of thiazole rings is 1. The van der Waals surface area contributed by atoms with Crippen LogP contribution in [0.4, 0.5) is 5.13 Å². The number of ether oxygens (including phenoxy) is 2. The fourth-order valence-electron chi connectivity index (χ4n) is 4.84. The molecule has 0 bridgehead atoms. The van der Waals surface area contributed by atoms with Crippen LogP contribution in [0.15, 0.2) is 47.4 Å². The van der Waals surface area contributed by atoms with E-state index in [1.165, 1.54) is 12.0 Å². The number of nitrogens with zero attached hydrogens (tertiary/aromatic N) is 1. The fourth-order valence-corrected chi connectivity index (χ4v) is 7.36. The second kappa shape index (κ2) is 10.2. The first-order valence-corrected chi connectivity index (χ1v) is 14.4. The Bertz CT molecular complexity index is 1300. The van der Waals surface area contributed by atoms with E-state index in [2.05, 4.69) is 16.1 Å². The highest BCUT2D eigenvalue weighted by atomic mass is 32.2. The lowest BCUT2D eigenvalue weighted by Crippen LogP contribution is -2.38. The summed E-state index contributed by atoms with van der Waals surface area (Å²) in [5, 5.41) is 4.49. The number of benzene rings is 2. The summed E-state index contributed by atoms with van der Waals surface area (Å²) in [7, 11) is -2.14. The van der Waals surface area contributed by atoms with E-state index in [-0.39, 0.29) is 10.9 Å². The maximum Gasteiger partial charge on any atom is 0.244 e. The van der Waals surface area contributed by atoms with Crippen LogP contribution in [0.1, 0.15) is 36.1 Å². The highest BCUT2D eigenvalue weighted by molar-refractivity contribution is 7.89. The van der Waals surface area contributed by atoms with E-state index < -0.39 is 10.0 Å². The molecule has 1 aliphatic carbocycles. The van der Waals surface area contributed by atoms with Gasteiger partial charge in [0.05, 0.1) is 19.4 Å². The van der Waals surface area contributed by atoms with Gasteiger partial charge in [-0.25, -0.2) is 18.1 Å². The first kappa shape index (κ1) is 24.1. The Labute approximate surface area is 210 Å². The van der Waals surface area contributed by atoms with Crippen molar-refractivity contribution in [3.8, 4) is 22.8 Å². The van der Waals surface area contributed by atoms with Crippen LogP contribution in [0.5, 0.6) is 11.5 Å². The van der Waals surface area contributed by atoms with Gasteiger partial charge in [0, 0.05) is 29.4 Å². The van der Waals surface area contributed by atoms with Crippen LogP contribution in [0, 0.1) is 12.8 Å². The summed E-state index contributed by atoms with van der Waals surface area (Å²) in [6.45, 7) is 3.39. The van der Waals surface area contributed by atoms with E-state index in [9.17, 15) is 8.42 Å². The maximum atomic E-state index is 13.0. The minimum Gasteiger partial charge on any atom is -0.495 e. The smallest absolute Gasteiger partial charge is 0.244 e. The van der Waals surface area contributed by atoms with E-state index in [1.807, 2.05) is 31.2 Å². The SMILES string of the molecule is COc1ccc(C)cc1S(=O)(=O)NC1CCC(CNc2nc3c(s2)CCOc2ccccc2-3)CC1. The van der Waals surface area contributed by atoms with Crippen LogP contribution in [0.2, 0.25) is 0 Å². The van der Waals surface area contributed by atoms with E-state index in [0.29, 0.717) is 18.3 Å². The number of nitrogens with one attached hydrogen (secondary N) is 2. The number of fused-ring (bicyclic) bond motifs is 3. The minimum absolute atomic E-state index is 0.0612. The standard InChI is InChI=1S/C26H31N3O4S2/c1-17-7-12-22(32-2)24(15-17)35(30,31)29-19-10-8-18(9-11-19)16-27-26-28-25-20-5-3-4-6-21(20)33-14-13-23(25)34-26/h3-7,12,15,18-19,29H,8-11,13-14,16H2,1-2H3,(H,27,28). The molecular formula is C26H31N3O4S2. The zero-order valence-corrected chi connectivity index (χ0v) is 21.7. The number of hydrogen-bond acceptors (Lipinski definition) is 7. The van der Waals surface area contributed by atoms with Crippen molar-refractivity contribution in [1.29, 1.82) is 0 Å². The molecule has 5 rings (SSSR count). The molecule has 9 heteroatoms. The molecule has 7 nitrogen and oxygen atoms in total. The van der Waals surface area contributed by atoms with Gasteiger partial charge >= 0.3 is 0 Å². The average Bonchev–Trinajstić information content (AvgIpc) is 3.18. The summed E-state index contributed by atoms with van der Waals surface area (Å²) < 4.78 is 40.1. The van der Waals surface area contributed by atoms with Crippen LogP contribution in [0.3, 0.4) is 0 Å². The van der Waals surface area contributed by atoms with Crippen molar-refractivity contribution >= 4 is 26.5 Å². The molecule has 1 fully saturated rings. The molecule has 0 unspecified atom stereocenters. The van der Waals surface area contributed by atoms with Gasteiger partial charge in [-0.05, 0) is 68.4 Å². The summed E-state index contributed by atoms with van der Waals surface area (Å²) >= 11 is 1.71. The second-order valence-electron chi connectivity index (χ2n) is 9.26. The third kappa shape index (κ3) is 5.32. The number of sulfonamides is 1. The lowest BCUT2D eigenvalue weighted by molar-refractivity contribution is 0.323. The van der Waals surface area contributed by atoms with Gasteiger partial charge < -0.3 is 14.8 Å². The molecule has 1 aliphatic heterocycles. The van der Waals surface area contributed by atoms with Crippen LogP contribution in [-0.2, 0) is 16.4 Å². The number of rotatable bonds is 7. The third-order valence-electron chi connectivity index (χ3n) is 6.75. The van der Waals surface area contributed by atoms with Gasteiger partial charge in [0.25, 0.3) is 0 Å². The van der Waals surface area contributed by atoms with Crippen molar-refractivity contribution in [2.24, 2.45) is 5.92 Å². The summed E-state index contributed by atoms with van der Waals surface area (Å²) in [5.41, 5.74) is 2.97. The molecule has 2 aromatic carbocycles. The van der Waals surface area contributed by atoms with Gasteiger partial charge in [-0.1, -0.05) is 18.2 Å². The van der Waals surface area contributed by atoms with Crippen molar-refractivity contribution < 1.29 is 17.9 Å². The van der Waals surface area contributed by atoms with Crippen LogP contribution in [0.25, 0.3) is 11.3 Å². The van der Waals surface area contributed by atoms with Gasteiger partial charge in [0.2, 0.25) is 10.0 Å². The van der Waals surface area contributed by atoms with Gasteiger partial charge in [0.1, 0.15) is 16.4 Å². The predicted octanol–water partition coefficient (Wildman–Crippen LogP) is 5.01. The second-order valence-corrected chi connectivity index (χ2v) is 12.0. The topological polar surface area (TPSA) is 89.6 Å². The molecule has 0 atom stereocenters. The molecule has 0 saturated heterocycles. The molecule has 2 aliphatic rings. The van der Waals surface area contributed by atoms with Gasteiger partial charge in [-0.15, -0.1) is 11.3 Å². The number of hydrogen-bond donors (Lipinski definition) is 2. The number of aryl methyl sites for hydroxylation is 1. The fraction of sp³-hybridized carbons (Fsp3) is 0.423. The molecule has 186 valence electrons. The van der Waals surface area contributed by atoms with Crippen LogP contribution >= 0.6 is 11.3 Å².